The molecule has 0 spiro atoms. The van der Waals surface area contributed by atoms with Crippen LogP contribution in [0.2, 0.25) is 0 Å². The maximum atomic E-state index is 11.1. The van der Waals surface area contributed by atoms with Gasteiger partial charge in [-0.1, -0.05) is 0 Å². The van der Waals surface area contributed by atoms with Crippen LogP contribution in [0, 0.1) is 11.1 Å². The van der Waals surface area contributed by atoms with Crippen molar-refractivity contribution in [1.29, 1.82) is 0 Å². The molecule has 0 N–H and O–H groups in total. The smallest absolute Gasteiger partial charge is 0.223 e. The highest BCUT2D eigenvalue weighted by Gasteiger charge is 2.34. The summed E-state index contributed by atoms with van der Waals surface area (Å²) in [7, 11) is 0. The number of aromatic nitrogens is 2. The van der Waals surface area contributed by atoms with E-state index >= 15 is 0 Å². The van der Waals surface area contributed by atoms with Crippen LogP contribution in [0.4, 0.5) is 5.82 Å². The summed E-state index contributed by atoms with van der Waals surface area (Å²) in [6, 6.07) is 0. The average molecular weight is 207 g/mol. The fraction of sp³-hybridized carbons (Fsp3) is 0.600. The summed E-state index contributed by atoms with van der Waals surface area (Å²) in [5.74, 6) is 1.36. The fourth-order valence-electron chi connectivity index (χ4n) is 2.38. The first kappa shape index (κ1) is 8.91. The zero-order valence-corrected chi connectivity index (χ0v) is 8.37. The number of rotatable bonds is 1. The lowest BCUT2D eigenvalue weighted by Gasteiger charge is -2.30. The van der Waals surface area contributed by atoms with Gasteiger partial charge in [-0.2, -0.15) is 4.73 Å². The zero-order chi connectivity index (χ0) is 10.3. The van der Waals surface area contributed by atoms with Crippen molar-refractivity contribution in [2.24, 2.45) is 5.92 Å². The Morgan fingerprint density at radius 1 is 1.53 bits per heavy atom. The summed E-state index contributed by atoms with van der Waals surface area (Å²) in [5.41, 5.74) is 0. The Labute approximate surface area is 87.9 Å². The third kappa shape index (κ3) is 1.63. The molecule has 2 unspecified atom stereocenters. The van der Waals surface area contributed by atoms with Gasteiger partial charge < -0.3 is 14.8 Å². The third-order valence-electron chi connectivity index (χ3n) is 3.05. The van der Waals surface area contributed by atoms with Crippen LogP contribution in [0.15, 0.2) is 18.6 Å². The van der Waals surface area contributed by atoms with Gasteiger partial charge in [0.05, 0.1) is 18.9 Å². The molecule has 2 fully saturated rings. The van der Waals surface area contributed by atoms with E-state index in [4.69, 9.17) is 4.74 Å². The van der Waals surface area contributed by atoms with Gasteiger partial charge in [-0.3, -0.25) is 0 Å². The summed E-state index contributed by atoms with van der Waals surface area (Å²) < 4.78 is 6.40. The SMILES string of the molecule is [O-][n+]1ccnc(N2CC3COC(C3)C2)c1. The Balaban J connectivity index is 1.83. The molecule has 2 aliphatic rings. The van der Waals surface area contributed by atoms with E-state index in [0.29, 0.717) is 12.0 Å². The molecule has 0 aliphatic carbocycles. The van der Waals surface area contributed by atoms with Crippen molar-refractivity contribution < 1.29 is 9.47 Å². The number of ether oxygens (including phenoxy) is 1. The van der Waals surface area contributed by atoms with Crippen LogP contribution in [0.5, 0.6) is 0 Å². The first-order chi connectivity index (χ1) is 7.31. The summed E-state index contributed by atoms with van der Waals surface area (Å²) >= 11 is 0. The van der Waals surface area contributed by atoms with Crippen LogP contribution in [0.3, 0.4) is 0 Å². The second kappa shape index (κ2) is 3.34. The van der Waals surface area contributed by atoms with Gasteiger partial charge in [-0.05, 0) is 6.42 Å². The highest BCUT2D eigenvalue weighted by molar-refractivity contribution is 5.35. The van der Waals surface area contributed by atoms with E-state index in [1.54, 1.807) is 6.20 Å². The van der Waals surface area contributed by atoms with Crippen LogP contribution in [-0.2, 0) is 4.74 Å². The Hall–Kier alpha value is -1.36. The minimum absolute atomic E-state index is 0.325. The first-order valence-electron chi connectivity index (χ1n) is 5.22. The summed E-state index contributed by atoms with van der Waals surface area (Å²) in [4.78, 5) is 6.35. The summed E-state index contributed by atoms with van der Waals surface area (Å²) in [6.45, 7) is 2.66. The molecule has 80 valence electrons. The van der Waals surface area contributed by atoms with E-state index in [9.17, 15) is 5.21 Å². The molecule has 0 radical (unpaired) electrons. The van der Waals surface area contributed by atoms with E-state index in [-0.39, 0.29) is 0 Å². The molecule has 2 aliphatic heterocycles. The Morgan fingerprint density at radius 3 is 3.27 bits per heavy atom. The number of nitrogens with zero attached hydrogens (tertiary/aromatic N) is 3. The van der Waals surface area contributed by atoms with Crippen LogP contribution in [0.1, 0.15) is 6.42 Å². The average Bonchev–Trinajstić information content (AvgIpc) is 2.58. The quantitative estimate of drug-likeness (QED) is 0.478. The normalized spacial score (nSPS) is 29.5. The molecule has 3 heterocycles. The Kier molecular flexibility index (Phi) is 1.98. The number of anilines is 1. The maximum Gasteiger partial charge on any atom is 0.223 e. The summed E-state index contributed by atoms with van der Waals surface area (Å²) in [5, 5.41) is 11.1. The molecule has 1 aromatic rings. The predicted molar refractivity (Wildman–Crippen MR) is 53.3 cm³/mol. The lowest BCUT2D eigenvalue weighted by atomic mass is 10.0. The molecule has 1 aromatic heterocycles. The maximum absolute atomic E-state index is 11.1. The first-order valence-corrected chi connectivity index (χ1v) is 5.22. The number of fused-ring (bicyclic) bond motifs is 2. The predicted octanol–water partition coefficient (Wildman–Crippen LogP) is -0.0599. The van der Waals surface area contributed by atoms with Crippen LogP contribution in [-0.4, -0.2) is 30.8 Å². The minimum atomic E-state index is 0.325. The van der Waals surface area contributed by atoms with Gasteiger partial charge in [-0.15, -0.1) is 0 Å². The van der Waals surface area contributed by atoms with Gasteiger partial charge in [-0.25, -0.2) is 4.98 Å². The van der Waals surface area contributed by atoms with Crippen molar-refractivity contribution in [3.8, 4) is 0 Å². The van der Waals surface area contributed by atoms with Gasteiger partial charge in [0.1, 0.15) is 0 Å². The molecule has 2 bridgehead atoms. The van der Waals surface area contributed by atoms with Crippen molar-refractivity contribution >= 4 is 5.82 Å². The fourth-order valence-corrected chi connectivity index (χ4v) is 2.38. The Morgan fingerprint density at radius 2 is 2.47 bits per heavy atom. The molecular formula is C10H13N3O2. The van der Waals surface area contributed by atoms with Gasteiger partial charge in [0.2, 0.25) is 6.20 Å². The topological polar surface area (TPSA) is 52.3 Å². The largest absolute Gasteiger partial charge is 0.619 e. The van der Waals surface area contributed by atoms with Gasteiger partial charge in [0, 0.05) is 19.0 Å². The molecule has 3 rings (SSSR count). The second-order valence-corrected chi connectivity index (χ2v) is 4.24. The molecule has 0 saturated carbocycles. The van der Waals surface area contributed by atoms with E-state index in [2.05, 4.69) is 9.88 Å². The van der Waals surface area contributed by atoms with Gasteiger partial charge >= 0.3 is 0 Å². The second-order valence-electron chi connectivity index (χ2n) is 4.24. The van der Waals surface area contributed by atoms with Crippen molar-refractivity contribution in [2.75, 3.05) is 24.6 Å². The van der Waals surface area contributed by atoms with Crippen molar-refractivity contribution in [1.82, 2.24) is 4.98 Å². The van der Waals surface area contributed by atoms with Crippen molar-refractivity contribution in [3.05, 3.63) is 23.8 Å². The summed E-state index contributed by atoms with van der Waals surface area (Å²) in [6.07, 6.45) is 5.94. The molecule has 0 amide bonds. The molecular weight excluding hydrogens is 194 g/mol. The molecule has 2 saturated heterocycles. The molecule has 2 atom stereocenters. The van der Waals surface area contributed by atoms with Crippen molar-refractivity contribution in [2.45, 2.75) is 12.5 Å². The number of hydrogen-bond acceptors (Lipinski definition) is 4. The third-order valence-corrected chi connectivity index (χ3v) is 3.05. The van der Waals surface area contributed by atoms with E-state index in [1.807, 2.05) is 0 Å². The van der Waals surface area contributed by atoms with E-state index in [0.717, 1.165) is 36.7 Å². The van der Waals surface area contributed by atoms with Crippen LogP contribution >= 0.6 is 0 Å². The lowest BCUT2D eigenvalue weighted by Crippen LogP contribution is -2.41. The minimum Gasteiger partial charge on any atom is -0.619 e. The monoisotopic (exact) mass is 207 g/mol. The lowest BCUT2D eigenvalue weighted by molar-refractivity contribution is -0.605. The van der Waals surface area contributed by atoms with E-state index in [1.165, 1.54) is 12.4 Å². The molecule has 5 heteroatoms. The molecule has 0 aromatic carbocycles. The molecule has 5 nitrogen and oxygen atoms in total. The standard InChI is InChI=1S/C10H13N3O2/c14-13-2-1-11-10(6-13)12-4-8-3-9(5-12)15-7-8/h1-2,6,8-9H,3-5,7H2. The zero-order valence-electron chi connectivity index (χ0n) is 8.37. The van der Waals surface area contributed by atoms with Crippen LogP contribution in [0.25, 0.3) is 0 Å². The Bertz CT molecular complexity index is 359. The number of hydrogen-bond donors (Lipinski definition) is 0. The highest BCUT2D eigenvalue weighted by Crippen LogP contribution is 2.28. The van der Waals surface area contributed by atoms with Gasteiger partial charge in [0.25, 0.3) is 0 Å². The van der Waals surface area contributed by atoms with E-state index < -0.39 is 0 Å². The highest BCUT2D eigenvalue weighted by atomic mass is 16.5. The van der Waals surface area contributed by atoms with Crippen molar-refractivity contribution in [3.63, 3.8) is 0 Å². The number of piperidine rings is 1. The van der Waals surface area contributed by atoms with Crippen LogP contribution < -0.4 is 9.63 Å². The molecule has 15 heavy (non-hydrogen) atoms. The van der Waals surface area contributed by atoms with Gasteiger partial charge in [0.15, 0.2) is 12.0 Å².